The summed E-state index contributed by atoms with van der Waals surface area (Å²) in [7, 11) is -0.691. The van der Waals surface area contributed by atoms with E-state index >= 15 is 0 Å². The van der Waals surface area contributed by atoms with Crippen LogP contribution >= 0.6 is 0 Å². The van der Waals surface area contributed by atoms with Gasteiger partial charge in [0.2, 0.25) is 0 Å². The molecule has 0 radical (unpaired) electrons. The fourth-order valence-corrected chi connectivity index (χ4v) is 6.87. The van der Waals surface area contributed by atoms with Gasteiger partial charge in [-0.25, -0.2) is 8.78 Å². The largest absolute Gasteiger partial charge is 0.508 e. The standard InChI is InChI=1S/C32H21F2NO2S/c33-22-8-12-25(13-9-22)38(26-14-10-23(34)11-15-26)27-16-17-31-29(19-27)32(37)28-6-1-2-7-30(28)35(31)20-21-4-3-5-24(36)18-21/h1-19H,20H2/p+1. The van der Waals surface area contributed by atoms with Gasteiger partial charge in [0.15, 0.2) is 20.1 Å². The summed E-state index contributed by atoms with van der Waals surface area (Å²) in [6.45, 7) is 0.465. The molecule has 186 valence electrons. The molecule has 1 N–H and O–H groups in total. The first kappa shape index (κ1) is 23.9. The van der Waals surface area contributed by atoms with Crippen molar-refractivity contribution in [2.24, 2.45) is 0 Å². The normalized spacial score (nSPS) is 11.4. The van der Waals surface area contributed by atoms with Crippen molar-refractivity contribution in [1.82, 2.24) is 4.57 Å². The third-order valence-corrected chi connectivity index (χ3v) is 8.74. The van der Waals surface area contributed by atoms with Crippen LogP contribution in [-0.2, 0) is 17.4 Å². The number of nitrogens with zero attached hydrogens (tertiary/aromatic N) is 1. The fraction of sp³-hybridized carbons (Fsp3) is 0.0312. The van der Waals surface area contributed by atoms with Crippen LogP contribution in [0.1, 0.15) is 5.56 Å². The number of benzene rings is 5. The number of pyridine rings is 1. The second kappa shape index (κ2) is 9.80. The lowest BCUT2D eigenvalue weighted by atomic mass is 10.1. The molecule has 0 aliphatic rings. The highest BCUT2D eigenvalue weighted by atomic mass is 32.2. The number of hydrogen-bond donors (Lipinski definition) is 1. The summed E-state index contributed by atoms with van der Waals surface area (Å²) in [6, 6.07) is 33.0. The zero-order chi connectivity index (χ0) is 26.2. The molecule has 0 spiro atoms. The Hall–Kier alpha value is -4.42. The maximum absolute atomic E-state index is 13.8. The summed E-state index contributed by atoms with van der Waals surface area (Å²) in [4.78, 5) is 16.3. The second-order valence-corrected chi connectivity index (χ2v) is 11.0. The Bertz CT molecular complexity index is 1800. The van der Waals surface area contributed by atoms with Crippen molar-refractivity contribution in [3.05, 3.63) is 143 Å². The molecule has 0 aliphatic carbocycles. The zero-order valence-corrected chi connectivity index (χ0v) is 21.0. The van der Waals surface area contributed by atoms with Crippen molar-refractivity contribution in [2.75, 3.05) is 0 Å². The molecule has 0 atom stereocenters. The summed E-state index contributed by atoms with van der Waals surface area (Å²) in [5, 5.41) is 11.2. The van der Waals surface area contributed by atoms with Crippen molar-refractivity contribution >= 4 is 32.7 Å². The molecule has 0 aliphatic heterocycles. The molecule has 0 unspecified atom stereocenters. The smallest absolute Gasteiger partial charge is 0.197 e. The van der Waals surface area contributed by atoms with E-state index in [1.54, 1.807) is 42.5 Å². The summed E-state index contributed by atoms with van der Waals surface area (Å²) in [6.07, 6.45) is 0. The van der Waals surface area contributed by atoms with Gasteiger partial charge in [-0.05, 0) is 90.5 Å². The lowest BCUT2D eigenvalue weighted by molar-refractivity contribution is 0.474. The van der Waals surface area contributed by atoms with Crippen LogP contribution in [0.5, 0.6) is 5.75 Å². The van der Waals surface area contributed by atoms with Crippen LogP contribution in [0, 0.1) is 11.6 Å². The van der Waals surface area contributed by atoms with E-state index in [-0.39, 0.29) is 22.8 Å². The quantitative estimate of drug-likeness (QED) is 0.191. The summed E-state index contributed by atoms with van der Waals surface area (Å²) in [5.41, 5.74) is 2.40. The minimum atomic E-state index is -0.691. The highest BCUT2D eigenvalue weighted by molar-refractivity contribution is 7.97. The minimum absolute atomic E-state index is 0.0774. The molecule has 5 aromatic carbocycles. The van der Waals surface area contributed by atoms with Gasteiger partial charge in [-0.15, -0.1) is 0 Å². The number of para-hydroxylation sites is 1. The molecule has 0 fully saturated rings. The number of fused-ring (bicyclic) bond motifs is 2. The van der Waals surface area contributed by atoms with E-state index in [1.165, 1.54) is 24.3 Å². The molecule has 1 aromatic heterocycles. The van der Waals surface area contributed by atoms with Crippen LogP contribution in [0.2, 0.25) is 0 Å². The number of aromatic hydroxyl groups is 1. The van der Waals surface area contributed by atoms with Gasteiger partial charge in [-0.1, -0.05) is 24.3 Å². The van der Waals surface area contributed by atoms with Crippen LogP contribution in [-0.4, -0.2) is 9.67 Å². The predicted octanol–water partition coefficient (Wildman–Crippen LogP) is 7.28. The van der Waals surface area contributed by atoms with Gasteiger partial charge in [0.1, 0.15) is 17.4 Å². The number of rotatable bonds is 5. The van der Waals surface area contributed by atoms with Gasteiger partial charge in [0.05, 0.1) is 27.3 Å². The SMILES string of the molecule is O=c1c2ccccc2n(Cc2cccc(O)c2)c2ccc([S+](c3ccc(F)cc3)c3ccc(F)cc3)cc12. The number of halogens is 2. The Morgan fingerprint density at radius 1 is 0.632 bits per heavy atom. The molecule has 0 bridgehead atoms. The highest BCUT2D eigenvalue weighted by Gasteiger charge is 2.30. The third kappa shape index (κ3) is 4.44. The lowest BCUT2D eigenvalue weighted by Gasteiger charge is -2.16. The first-order valence-corrected chi connectivity index (χ1v) is 13.3. The Labute approximate surface area is 220 Å². The van der Waals surface area contributed by atoms with Crippen LogP contribution in [0.3, 0.4) is 0 Å². The third-order valence-electron chi connectivity index (χ3n) is 6.53. The molecule has 6 rings (SSSR count). The van der Waals surface area contributed by atoms with Crippen LogP contribution < -0.4 is 5.43 Å². The minimum Gasteiger partial charge on any atom is -0.508 e. The monoisotopic (exact) mass is 522 g/mol. The highest BCUT2D eigenvalue weighted by Crippen LogP contribution is 2.33. The lowest BCUT2D eigenvalue weighted by Crippen LogP contribution is -2.13. The maximum Gasteiger partial charge on any atom is 0.197 e. The summed E-state index contributed by atoms with van der Waals surface area (Å²) >= 11 is 0. The molecule has 6 heteroatoms. The van der Waals surface area contributed by atoms with Gasteiger partial charge in [0, 0.05) is 18.0 Å². The second-order valence-electron chi connectivity index (χ2n) is 9.00. The molecule has 3 nitrogen and oxygen atoms in total. The molecular formula is C32H22F2NO2S+. The van der Waals surface area contributed by atoms with E-state index < -0.39 is 10.9 Å². The van der Waals surface area contributed by atoms with Gasteiger partial charge in [-0.3, -0.25) is 4.79 Å². The number of phenols is 1. The molecule has 0 amide bonds. The maximum atomic E-state index is 13.8. The molecule has 38 heavy (non-hydrogen) atoms. The summed E-state index contributed by atoms with van der Waals surface area (Å²) in [5.74, 6) is -0.491. The van der Waals surface area contributed by atoms with Crippen molar-refractivity contribution in [3.8, 4) is 5.75 Å². The average molecular weight is 523 g/mol. The van der Waals surface area contributed by atoms with Gasteiger partial charge in [0.25, 0.3) is 0 Å². The van der Waals surface area contributed by atoms with E-state index in [1.807, 2.05) is 48.5 Å². The fourth-order valence-electron chi connectivity index (χ4n) is 4.79. The van der Waals surface area contributed by atoms with E-state index in [0.29, 0.717) is 17.3 Å². The Morgan fingerprint density at radius 2 is 1.24 bits per heavy atom. The topological polar surface area (TPSA) is 42.2 Å². The molecule has 0 saturated carbocycles. The van der Waals surface area contributed by atoms with Gasteiger partial charge < -0.3 is 9.67 Å². The average Bonchev–Trinajstić information content (AvgIpc) is 2.93. The number of phenolic OH excluding ortho intramolecular Hbond substituents is 1. The van der Waals surface area contributed by atoms with Gasteiger partial charge >= 0.3 is 0 Å². The van der Waals surface area contributed by atoms with Crippen molar-refractivity contribution in [3.63, 3.8) is 0 Å². The first-order valence-electron chi connectivity index (χ1n) is 12.1. The Morgan fingerprint density at radius 3 is 1.89 bits per heavy atom. The summed E-state index contributed by atoms with van der Waals surface area (Å²) < 4.78 is 29.6. The van der Waals surface area contributed by atoms with Crippen LogP contribution in [0.25, 0.3) is 21.8 Å². The van der Waals surface area contributed by atoms with E-state index in [4.69, 9.17) is 0 Å². The van der Waals surface area contributed by atoms with Crippen molar-refractivity contribution in [1.29, 1.82) is 0 Å². The van der Waals surface area contributed by atoms with Crippen LogP contribution in [0.4, 0.5) is 8.78 Å². The first-order chi connectivity index (χ1) is 18.5. The van der Waals surface area contributed by atoms with Gasteiger partial charge in [-0.2, -0.15) is 0 Å². The predicted molar refractivity (Wildman–Crippen MR) is 148 cm³/mol. The molecule has 0 saturated heterocycles. The van der Waals surface area contributed by atoms with Crippen molar-refractivity contribution < 1.29 is 13.9 Å². The number of aromatic nitrogens is 1. The van der Waals surface area contributed by atoms with Crippen molar-refractivity contribution in [2.45, 2.75) is 21.2 Å². The van der Waals surface area contributed by atoms with Crippen LogP contribution in [0.15, 0.2) is 135 Å². The number of hydrogen-bond acceptors (Lipinski definition) is 2. The van der Waals surface area contributed by atoms with E-state index in [0.717, 1.165) is 31.3 Å². The zero-order valence-electron chi connectivity index (χ0n) is 20.1. The molecule has 1 heterocycles. The Kier molecular flexibility index (Phi) is 6.18. The molecular weight excluding hydrogens is 500 g/mol. The van der Waals surface area contributed by atoms with E-state index in [9.17, 15) is 18.7 Å². The van der Waals surface area contributed by atoms with E-state index in [2.05, 4.69) is 4.57 Å². The molecule has 6 aromatic rings. The Balaban J connectivity index is 1.59.